The average molecular weight is 407 g/mol. The number of nitrogens with zero attached hydrogens (tertiary/aromatic N) is 2. The van der Waals surface area contributed by atoms with Gasteiger partial charge in [0.05, 0.1) is 19.3 Å². The molecule has 1 aliphatic rings. The van der Waals surface area contributed by atoms with Gasteiger partial charge < -0.3 is 15.0 Å². The number of carbonyl (C=O) groups excluding carboxylic acids is 1. The van der Waals surface area contributed by atoms with E-state index >= 15 is 0 Å². The number of H-pyrrole nitrogens is 1. The van der Waals surface area contributed by atoms with E-state index < -0.39 is 0 Å². The van der Waals surface area contributed by atoms with Crippen LogP contribution < -0.4 is 15.4 Å². The molecule has 0 unspecified atom stereocenters. The smallest absolute Gasteiger partial charge is 0.278 e. The van der Waals surface area contributed by atoms with Gasteiger partial charge in [-0.05, 0) is 36.4 Å². The van der Waals surface area contributed by atoms with Crippen molar-refractivity contribution in [3.8, 4) is 28.4 Å². The van der Waals surface area contributed by atoms with Crippen molar-refractivity contribution in [2.45, 2.75) is 0 Å². The van der Waals surface area contributed by atoms with Gasteiger partial charge in [0.1, 0.15) is 11.6 Å². The summed E-state index contributed by atoms with van der Waals surface area (Å²) in [7, 11) is 3.49. The zero-order valence-corrected chi connectivity index (χ0v) is 17.0. The molecule has 0 bridgehead atoms. The van der Waals surface area contributed by atoms with Crippen molar-refractivity contribution in [2.24, 2.45) is 4.99 Å². The van der Waals surface area contributed by atoms with E-state index in [1.165, 1.54) is 11.8 Å². The molecule has 3 aromatic rings. The van der Waals surface area contributed by atoms with Gasteiger partial charge in [0.2, 0.25) is 0 Å². The Morgan fingerprint density at radius 2 is 2.00 bits per heavy atom. The molecule has 4 rings (SSSR count). The zero-order valence-electron chi connectivity index (χ0n) is 16.2. The highest BCUT2D eigenvalue weighted by molar-refractivity contribution is 8.14. The number of imidazole rings is 1. The summed E-state index contributed by atoms with van der Waals surface area (Å²) < 4.78 is 5.24. The van der Waals surface area contributed by atoms with Gasteiger partial charge in [0, 0.05) is 29.6 Å². The predicted octanol–water partition coefficient (Wildman–Crippen LogP) is 3.63. The molecule has 1 aromatic heterocycles. The molecule has 0 atom stereocenters. The van der Waals surface area contributed by atoms with Crippen molar-refractivity contribution in [3.05, 3.63) is 54.2 Å². The van der Waals surface area contributed by atoms with Crippen molar-refractivity contribution < 1.29 is 9.53 Å². The number of thioether (sulfide) groups is 1. The molecule has 2 aromatic carbocycles. The molecular formula is C21H21N5O2S. The summed E-state index contributed by atoms with van der Waals surface area (Å²) in [6.45, 7) is 0.717. The Morgan fingerprint density at radius 1 is 1.17 bits per heavy atom. The Hall–Kier alpha value is -3.26. The van der Waals surface area contributed by atoms with Crippen LogP contribution in [0.4, 0.5) is 5.69 Å². The van der Waals surface area contributed by atoms with E-state index in [4.69, 9.17) is 4.74 Å². The van der Waals surface area contributed by atoms with E-state index in [2.05, 4.69) is 25.6 Å². The molecule has 0 saturated carbocycles. The number of methoxy groups -OCH3 is 1. The van der Waals surface area contributed by atoms with E-state index in [0.717, 1.165) is 28.3 Å². The Morgan fingerprint density at radius 3 is 2.69 bits per heavy atom. The van der Waals surface area contributed by atoms with Gasteiger partial charge >= 0.3 is 0 Å². The fraction of sp³-hybridized carbons (Fsp3) is 0.190. The molecule has 1 aliphatic heterocycles. The molecule has 0 saturated heterocycles. The number of benzene rings is 2. The summed E-state index contributed by atoms with van der Waals surface area (Å²) in [6, 6.07) is 15.4. The molecule has 0 radical (unpaired) electrons. The largest absolute Gasteiger partial charge is 0.497 e. The van der Waals surface area contributed by atoms with Crippen molar-refractivity contribution in [3.63, 3.8) is 0 Å². The van der Waals surface area contributed by atoms with Crippen LogP contribution in [0.15, 0.2) is 53.5 Å². The summed E-state index contributed by atoms with van der Waals surface area (Å²) in [5.74, 6) is 1.97. The van der Waals surface area contributed by atoms with Gasteiger partial charge in [0.15, 0.2) is 10.9 Å². The van der Waals surface area contributed by atoms with Gasteiger partial charge in [-0.3, -0.25) is 15.1 Å². The maximum Gasteiger partial charge on any atom is 0.278 e. The quantitative estimate of drug-likeness (QED) is 0.601. The molecule has 0 spiro atoms. The molecule has 0 aliphatic carbocycles. The lowest BCUT2D eigenvalue weighted by molar-refractivity contribution is 0.0974. The lowest BCUT2D eigenvalue weighted by Gasteiger charge is -2.05. The van der Waals surface area contributed by atoms with E-state index in [1.807, 2.05) is 55.6 Å². The third-order valence-electron chi connectivity index (χ3n) is 4.53. The van der Waals surface area contributed by atoms with Gasteiger partial charge in [-0.2, -0.15) is 0 Å². The normalized spacial score (nSPS) is 13.1. The number of aromatic nitrogens is 2. The number of aromatic amines is 1. The molecule has 0 fully saturated rings. The summed E-state index contributed by atoms with van der Waals surface area (Å²) in [5.41, 5.74) is 3.68. The third kappa shape index (κ3) is 4.12. The highest BCUT2D eigenvalue weighted by Gasteiger charge is 2.22. The molecule has 1 amide bonds. The van der Waals surface area contributed by atoms with Crippen LogP contribution in [-0.2, 0) is 0 Å². The number of anilines is 1. The van der Waals surface area contributed by atoms with Crippen LogP contribution >= 0.6 is 11.8 Å². The number of nitrogens with one attached hydrogen (secondary N) is 3. The summed E-state index contributed by atoms with van der Waals surface area (Å²) in [5, 5.41) is 6.63. The zero-order chi connectivity index (χ0) is 20.2. The number of hydrogen-bond donors (Lipinski definition) is 3. The monoisotopic (exact) mass is 407 g/mol. The standard InChI is InChI=1S/C21H21N5O2S/c1-22-15-5-3-4-14(12-15)19-24-17(13-6-8-16(28-2)9-7-13)18(25-19)20(27)26-21-23-10-11-29-21/h3-9,12,22H,10-11H2,1-2H3,(H,24,25)(H,23,26,27). The van der Waals surface area contributed by atoms with E-state index in [0.29, 0.717) is 28.9 Å². The Balaban J connectivity index is 1.75. The Kier molecular flexibility index (Phi) is 5.53. The fourth-order valence-corrected chi connectivity index (χ4v) is 3.75. The number of hydrogen-bond acceptors (Lipinski definition) is 6. The van der Waals surface area contributed by atoms with Crippen LogP contribution in [0, 0.1) is 0 Å². The van der Waals surface area contributed by atoms with Gasteiger partial charge in [-0.15, -0.1) is 0 Å². The van der Waals surface area contributed by atoms with Gasteiger partial charge in [-0.1, -0.05) is 23.9 Å². The van der Waals surface area contributed by atoms with Crippen LogP contribution in [-0.4, -0.2) is 47.5 Å². The second-order valence-corrected chi connectivity index (χ2v) is 7.44. The first kappa shape index (κ1) is 19.1. The minimum Gasteiger partial charge on any atom is -0.497 e. The third-order valence-corrected chi connectivity index (χ3v) is 5.42. The van der Waals surface area contributed by atoms with Crippen LogP contribution in [0.25, 0.3) is 22.6 Å². The second-order valence-electron chi connectivity index (χ2n) is 6.36. The van der Waals surface area contributed by atoms with Gasteiger partial charge in [-0.25, -0.2) is 4.98 Å². The molecule has 2 heterocycles. The molecule has 8 heteroatoms. The van der Waals surface area contributed by atoms with Crippen molar-refractivity contribution in [1.29, 1.82) is 0 Å². The average Bonchev–Trinajstić information content (AvgIpc) is 3.44. The van der Waals surface area contributed by atoms with Crippen molar-refractivity contribution in [1.82, 2.24) is 15.3 Å². The summed E-state index contributed by atoms with van der Waals surface area (Å²) >= 11 is 1.54. The van der Waals surface area contributed by atoms with Crippen LogP contribution in [0.5, 0.6) is 5.75 Å². The molecule has 7 nitrogen and oxygen atoms in total. The van der Waals surface area contributed by atoms with Crippen molar-refractivity contribution >= 4 is 28.5 Å². The predicted molar refractivity (Wildman–Crippen MR) is 118 cm³/mol. The topological polar surface area (TPSA) is 91.4 Å². The minimum absolute atomic E-state index is 0.281. The lowest BCUT2D eigenvalue weighted by atomic mass is 10.1. The SMILES string of the molecule is CNc1cccc(-c2nc(C(=O)NC3=NCCS3)c(-c3ccc(OC)cc3)[nH]2)c1. The second kappa shape index (κ2) is 8.40. The number of amides is 1. The fourth-order valence-electron chi connectivity index (χ4n) is 3.03. The summed E-state index contributed by atoms with van der Waals surface area (Å²) in [6.07, 6.45) is 0. The van der Waals surface area contributed by atoms with Crippen LogP contribution in [0.2, 0.25) is 0 Å². The first-order chi connectivity index (χ1) is 14.2. The maximum atomic E-state index is 13.0. The molecule has 3 N–H and O–H groups in total. The highest BCUT2D eigenvalue weighted by atomic mass is 32.2. The minimum atomic E-state index is -0.281. The molecule has 29 heavy (non-hydrogen) atoms. The Labute approximate surface area is 173 Å². The number of amidine groups is 1. The first-order valence-electron chi connectivity index (χ1n) is 9.19. The van der Waals surface area contributed by atoms with E-state index in [1.54, 1.807) is 7.11 Å². The number of aliphatic imine (C=N–C) groups is 1. The van der Waals surface area contributed by atoms with E-state index in [9.17, 15) is 4.79 Å². The Bertz CT molecular complexity index is 1060. The van der Waals surface area contributed by atoms with Crippen LogP contribution in [0.3, 0.4) is 0 Å². The first-order valence-corrected chi connectivity index (χ1v) is 10.2. The van der Waals surface area contributed by atoms with Crippen molar-refractivity contribution in [2.75, 3.05) is 31.8 Å². The maximum absolute atomic E-state index is 13.0. The van der Waals surface area contributed by atoms with E-state index in [-0.39, 0.29) is 5.91 Å². The summed E-state index contributed by atoms with van der Waals surface area (Å²) in [4.78, 5) is 25.2. The van der Waals surface area contributed by atoms with Crippen LogP contribution in [0.1, 0.15) is 10.5 Å². The molecule has 148 valence electrons. The highest BCUT2D eigenvalue weighted by Crippen LogP contribution is 2.29. The number of rotatable bonds is 5. The number of carbonyl (C=O) groups is 1. The van der Waals surface area contributed by atoms with Gasteiger partial charge in [0.25, 0.3) is 5.91 Å². The number of ether oxygens (including phenoxy) is 1. The molecular weight excluding hydrogens is 386 g/mol. The lowest BCUT2D eigenvalue weighted by Crippen LogP contribution is -2.28.